The lowest BCUT2D eigenvalue weighted by Crippen LogP contribution is -2.40. The molecule has 166 valence electrons. The van der Waals surface area contributed by atoms with E-state index in [1.807, 2.05) is 4.90 Å². The summed E-state index contributed by atoms with van der Waals surface area (Å²) >= 11 is 6.25. The average molecular weight is 456 g/mol. The minimum atomic E-state index is -0.515. The van der Waals surface area contributed by atoms with Gasteiger partial charge in [-0.15, -0.1) is 0 Å². The molecule has 9 heteroatoms. The summed E-state index contributed by atoms with van der Waals surface area (Å²) in [4.78, 5) is 40.7. The molecular weight excluding hydrogens is 434 g/mol. The number of hydrogen-bond donors (Lipinski definition) is 1. The number of rotatable bonds is 5. The molecule has 1 fully saturated rings. The van der Waals surface area contributed by atoms with E-state index in [1.165, 1.54) is 24.3 Å². The predicted octanol–water partition coefficient (Wildman–Crippen LogP) is 3.55. The third kappa shape index (κ3) is 3.76. The van der Waals surface area contributed by atoms with E-state index < -0.39 is 16.7 Å². The summed E-state index contributed by atoms with van der Waals surface area (Å²) in [5.41, 5.74) is 1.78. The van der Waals surface area contributed by atoms with Crippen LogP contribution in [0.25, 0.3) is 5.57 Å². The lowest BCUT2D eigenvalue weighted by molar-refractivity contribution is -0.384. The number of nitro benzene ring substituents is 1. The minimum absolute atomic E-state index is 0.000723. The monoisotopic (exact) mass is 455 g/mol. The Hall–Kier alpha value is -3.23. The Kier molecular flexibility index (Phi) is 5.99. The normalized spacial score (nSPS) is 19.2. The van der Waals surface area contributed by atoms with E-state index in [4.69, 9.17) is 11.6 Å². The largest absolute Gasteiger partial charge is 0.396 e. The van der Waals surface area contributed by atoms with E-state index in [9.17, 15) is 24.8 Å². The molecule has 1 N–H and O–H groups in total. The van der Waals surface area contributed by atoms with Crippen LogP contribution in [0.1, 0.15) is 24.0 Å². The van der Waals surface area contributed by atoms with Gasteiger partial charge >= 0.3 is 0 Å². The second kappa shape index (κ2) is 8.72. The molecule has 2 aliphatic rings. The van der Waals surface area contributed by atoms with Gasteiger partial charge in [-0.25, -0.2) is 4.90 Å². The van der Waals surface area contributed by atoms with E-state index in [0.717, 1.165) is 17.7 Å². The number of likely N-dealkylation sites (tertiary alicyclic amines) is 1. The van der Waals surface area contributed by atoms with Gasteiger partial charge in [-0.05, 0) is 61.1 Å². The third-order valence-corrected chi connectivity index (χ3v) is 6.41. The second-order valence-electron chi connectivity index (χ2n) is 7.99. The van der Waals surface area contributed by atoms with Crippen molar-refractivity contribution < 1.29 is 19.6 Å². The summed E-state index contributed by atoms with van der Waals surface area (Å²) in [6.45, 7) is 2.76. The molecule has 32 heavy (non-hydrogen) atoms. The zero-order chi connectivity index (χ0) is 23.0. The molecule has 0 bridgehead atoms. The zero-order valence-corrected chi connectivity index (χ0v) is 18.2. The number of benzene rings is 2. The number of carbonyl (C=O) groups excluding carboxylic acids is 2. The zero-order valence-electron chi connectivity index (χ0n) is 17.5. The van der Waals surface area contributed by atoms with Crippen LogP contribution < -0.4 is 4.90 Å². The highest BCUT2D eigenvalue weighted by molar-refractivity contribution is 6.46. The number of carbonyl (C=O) groups is 2. The van der Waals surface area contributed by atoms with Gasteiger partial charge < -0.3 is 10.0 Å². The molecule has 1 atom stereocenters. The maximum atomic E-state index is 13.6. The summed E-state index contributed by atoms with van der Waals surface area (Å²) in [7, 11) is 0. The number of aliphatic hydroxyl groups is 1. The van der Waals surface area contributed by atoms with Gasteiger partial charge in [0.15, 0.2) is 0 Å². The molecule has 2 aliphatic heterocycles. The van der Waals surface area contributed by atoms with Crippen LogP contribution in [0.5, 0.6) is 0 Å². The van der Waals surface area contributed by atoms with Crippen molar-refractivity contribution in [2.24, 2.45) is 5.92 Å². The van der Waals surface area contributed by atoms with Crippen LogP contribution in [0.15, 0.2) is 48.2 Å². The lowest BCUT2D eigenvalue weighted by Gasteiger charge is -2.34. The van der Waals surface area contributed by atoms with E-state index in [0.29, 0.717) is 34.9 Å². The lowest BCUT2D eigenvalue weighted by atomic mass is 9.97. The number of anilines is 1. The Balaban J connectivity index is 1.84. The first-order valence-corrected chi connectivity index (χ1v) is 10.7. The number of halogens is 1. The SMILES string of the molecule is Cc1c(Cl)cccc1N1C(=O)C(c2ccc([N+](=O)[O-])cc2)=C(N2CCCC(CO)C2)C1=O. The highest BCUT2D eigenvalue weighted by atomic mass is 35.5. The van der Waals surface area contributed by atoms with Crippen molar-refractivity contribution >= 4 is 40.4 Å². The van der Waals surface area contributed by atoms with Crippen molar-refractivity contribution in [2.45, 2.75) is 19.8 Å². The molecule has 0 radical (unpaired) electrons. The smallest absolute Gasteiger partial charge is 0.282 e. The Morgan fingerprint density at radius 1 is 1.16 bits per heavy atom. The molecule has 1 unspecified atom stereocenters. The Labute approximate surface area is 189 Å². The molecule has 8 nitrogen and oxygen atoms in total. The molecule has 0 aromatic heterocycles. The van der Waals surface area contributed by atoms with Gasteiger partial charge in [0.1, 0.15) is 5.70 Å². The third-order valence-electron chi connectivity index (χ3n) is 6.00. The topological polar surface area (TPSA) is 104 Å². The highest BCUT2D eigenvalue weighted by Gasteiger charge is 2.44. The van der Waals surface area contributed by atoms with Crippen LogP contribution in [0.3, 0.4) is 0 Å². The molecule has 2 aromatic rings. The van der Waals surface area contributed by atoms with Gasteiger partial charge in [0.2, 0.25) is 0 Å². The fourth-order valence-corrected chi connectivity index (χ4v) is 4.47. The molecule has 4 rings (SSSR count). The summed E-state index contributed by atoms with van der Waals surface area (Å²) in [5, 5.41) is 21.1. The standard InChI is InChI=1S/C23H22ClN3O5/c1-14-18(24)5-2-6-19(14)26-22(29)20(16-7-9-17(10-8-16)27(31)32)21(23(26)30)25-11-3-4-15(12-25)13-28/h2,5-10,15,28H,3-4,11-13H2,1H3. The molecule has 2 aromatic carbocycles. The number of non-ortho nitro benzene ring substituents is 1. The summed E-state index contributed by atoms with van der Waals surface area (Å²) < 4.78 is 0. The van der Waals surface area contributed by atoms with E-state index >= 15 is 0 Å². The average Bonchev–Trinajstić information content (AvgIpc) is 3.05. The number of amides is 2. The van der Waals surface area contributed by atoms with Crippen LogP contribution in [0.2, 0.25) is 5.02 Å². The predicted molar refractivity (Wildman–Crippen MR) is 120 cm³/mol. The van der Waals surface area contributed by atoms with Crippen LogP contribution in [-0.2, 0) is 9.59 Å². The maximum absolute atomic E-state index is 13.6. The number of aliphatic hydroxyl groups excluding tert-OH is 1. The van der Waals surface area contributed by atoms with E-state index in [1.54, 1.807) is 25.1 Å². The first-order chi connectivity index (χ1) is 15.3. The fourth-order valence-electron chi connectivity index (χ4n) is 4.30. The Bertz CT molecular complexity index is 1130. The fraction of sp³-hybridized carbons (Fsp3) is 0.304. The van der Waals surface area contributed by atoms with Crippen LogP contribution in [0.4, 0.5) is 11.4 Å². The van der Waals surface area contributed by atoms with Crippen LogP contribution in [0, 0.1) is 23.0 Å². The van der Waals surface area contributed by atoms with Gasteiger partial charge in [-0.2, -0.15) is 0 Å². The van der Waals surface area contributed by atoms with Crippen molar-refractivity contribution in [3.8, 4) is 0 Å². The maximum Gasteiger partial charge on any atom is 0.282 e. The molecule has 0 aliphatic carbocycles. The van der Waals surface area contributed by atoms with Crippen molar-refractivity contribution in [1.29, 1.82) is 0 Å². The van der Waals surface area contributed by atoms with Crippen molar-refractivity contribution in [3.05, 3.63) is 74.4 Å². The summed E-state index contributed by atoms with van der Waals surface area (Å²) in [6, 6.07) is 10.6. The quantitative estimate of drug-likeness (QED) is 0.420. The van der Waals surface area contributed by atoms with Crippen molar-refractivity contribution in [3.63, 3.8) is 0 Å². The second-order valence-corrected chi connectivity index (χ2v) is 8.40. The summed E-state index contributed by atoms with van der Waals surface area (Å²) in [5.74, 6) is -0.970. The number of imide groups is 1. The Morgan fingerprint density at radius 3 is 2.53 bits per heavy atom. The van der Waals surface area contributed by atoms with Crippen molar-refractivity contribution in [2.75, 3.05) is 24.6 Å². The first kappa shape index (κ1) is 22.0. The van der Waals surface area contributed by atoms with Crippen molar-refractivity contribution in [1.82, 2.24) is 4.90 Å². The molecule has 2 amide bonds. The number of nitrogens with zero attached hydrogens (tertiary/aromatic N) is 3. The van der Waals surface area contributed by atoms with Crippen LogP contribution in [-0.4, -0.2) is 46.4 Å². The van der Waals surface area contributed by atoms with Gasteiger partial charge in [-0.3, -0.25) is 19.7 Å². The molecule has 2 heterocycles. The van der Waals surface area contributed by atoms with E-state index in [2.05, 4.69) is 0 Å². The van der Waals surface area contributed by atoms with Gasteiger partial charge in [-0.1, -0.05) is 17.7 Å². The molecule has 1 saturated heterocycles. The van der Waals surface area contributed by atoms with Crippen LogP contribution >= 0.6 is 11.6 Å². The number of nitro groups is 1. The minimum Gasteiger partial charge on any atom is -0.396 e. The number of hydrogen-bond acceptors (Lipinski definition) is 6. The van der Waals surface area contributed by atoms with Gasteiger partial charge in [0.05, 0.1) is 16.2 Å². The Morgan fingerprint density at radius 2 is 1.88 bits per heavy atom. The first-order valence-electron chi connectivity index (χ1n) is 10.3. The molecule has 0 spiro atoms. The molecule has 0 saturated carbocycles. The highest BCUT2D eigenvalue weighted by Crippen LogP contribution is 2.39. The van der Waals surface area contributed by atoms with Gasteiger partial charge in [0, 0.05) is 36.9 Å². The summed E-state index contributed by atoms with van der Waals surface area (Å²) in [6.07, 6.45) is 1.62. The number of piperidine rings is 1. The van der Waals surface area contributed by atoms with E-state index in [-0.39, 0.29) is 29.5 Å². The van der Waals surface area contributed by atoms with Gasteiger partial charge in [0.25, 0.3) is 17.5 Å². The molecular formula is C23H22ClN3O5.